The Morgan fingerprint density at radius 2 is 1.69 bits per heavy atom. The molecule has 0 saturated heterocycles. The van der Waals surface area contributed by atoms with Crippen LogP contribution in [-0.2, 0) is 0 Å². The Labute approximate surface area is 76.7 Å². The lowest BCUT2D eigenvalue weighted by molar-refractivity contribution is -0.137. The Bertz CT molecular complexity index is 148. The Balaban J connectivity index is 4.02. The molecule has 2 nitrogen and oxygen atoms in total. The molecule has 0 aromatic rings. The average Bonchev–Trinajstić information content (AvgIpc) is 1.82. The zero-order chi connectivity index (χ0) is 10.7. The summed E-state index contributed by atoms with van der Waals surface area (Å²) in [6, 6.07) is -0.311. The van der Waals surface area contributed by atoms with Gasteiger partial charge in [-0.1, -0.05) is 20.8 Å². The third kappa shape index (κ3) is 5.87. The Morgan fingerprint density at radius 3 is 1.92 bits per heavy atom. The molecular formula is C8H17F3N2. The van der Waals surface area contributed by atoms with E-state index in [1.807, 2.05) is 20.8 Å². The fourth-order valence-corrected chi connectivity index (χ4v) is 1.07. The molecule has 13 heavy (non-hydrogen) atoms. The summed E-state index contributed by atoms with van der Waals surface area (Å²) in [6.07, 6.45) is -4.87. The predicted molar refractivity (Wildman–Crippen MR) is 45.9 cm³/mol. The van der Waals surface area contributed by atoms with Crippen LogP contribution in [0.25, 0.3) is 0 Å². The van der Waals surface area contributed by atoms with E-state index in [1.54, 1.807) is 0 Å². The molecule has 0 fully saturated rings. The number of rotatable bonds is 3. The van der Waals surface area contributed by atoms with Gasteiger partial charge in [-0.2, -0.15) is 13.2 Å². The minimum atomic E-state index is -4.10. The molecule has 0 spiro atoms. The summed E-state index contributed by atoms with van der Waals surface area (Å²) in [4.78, 5) is 0. The van der Waals surface area contributed by atoms with Gasteiger partial charge in [-0.25, -0.2) is 0 Å². The summed E-state index contributed by atoms with van der Waals surface area (Å²) in [5.41, 5.74) is 2.16. The van der Waals surface area contributed by atoms with Crippen LogP contribution in [0.1, 0.15) is 33.6 Å². The van der Waals surface area contributed by atoms with Crippen molar-refractivity contribution in [3.05, 3.63) is 0 Å². The summed E-state index contributed by atoms with van der Waals surface area (Å²) in [7, 11) is 0. The highest BCUT2D eigenvalue weighted by Gasteiger charge is 2.31. The van der Waals surface area contributed by atoms with Crippen LogP contribution in [0.3, 0.4) is 0 Å². The van der Waals surface area contributed by atoms with E-state index in [2.05, 4.69) is 5.43 Å². The molecule has 1 unspecified atom stereocenters. The lowest BCUT2D eigenvalue weighted by atomic mass is 9.84. The average molecular weight is 198 g/mol. The van der Waals surface area contributed by atoms with E-state index in [1.165, 1.54) is 0 Å². The molecule has 0 aliphatic rings. The van der Waals surface area contributed by atoms with Gasteiger partial charge in [0.05, 0.1) is 0 Å². The maximum Gasteiger partial charge on any atom is 0.389 e. The van der Waals surface area contributed by atoms with Crippen molar-refractivity contribution >= 4 is 0 Å². The van der Waals surface area contributed by atoms with Crippen molar-refractivity contribution < 1.29 is 13.2 Å². The molecule has 0 rings (SSSR count). The first-order chi connectivity index (χ1) is 5.67. The molecule has 1 atom stereocenters. The zero-order valence-electron chi connectivity index (χ0n) is 8.20. The van der Waals surface area contributed by atoms with Crippen molar-refractivity contribution in [2.24, 2.45) is 11.3 Å². The second kappa shape index (κ2) is 4.28. The third-order valence-corrected chi connectivity index (χ3v) is 1.96. The molecule has 0 heterocycles. The van der Waals surface area contributed by atoms with Gasteiger partial charge in [0.2, 0.25) is 0 Å². The number of halogens is 3. The van der Waals surface area contributed by atoms with E-state index >= 15 is 0 Å². The van der Waals surface area contributed by atoms with Crippen molar-refractivity contribution in [1.82, 2.24) is 5.43 Å². The van der Waals surface area contributed by atoms with Crippen molar-refractivity contribution in [3.8, 4) is 0 Å². The topological polar surface area (TPSA) is 38.0 Å². The zero-order valence-corrected chi connectivity index (χ0v) is 8.20. The summed E-state index contributed by atoms with van der Waals surface area (Å²) in [5, 5.41) is 0. The van der Waals surface area contributed by atoms with Gasteiger partial charge in [0, 0.05) is 12.5 Å². The standard InChI is InChI=1S/C8H17F3N2/c1-7(2,3)6(13-12)4-5-8(9,10)11/h6,13H,4-5,12H2,1-3H3. The Morgan fingerprint density at radius 1 is 1.23 bits per heavy atom. The number of nitrogens with one attached hydrogen (secondary N) is 1. The lowest BCUT2D eigenvalue weighted by Crippen LogP contribution is -2.44. The molecule has 0 saturated carbocycles. The van der Waals surface area contributed by atoms with Gasteiger partial charge in [-0.3, -0.25) is 11.3 Å². The predicted octanol–water partition coefficient (Wildman–Crippen LogP) is 2.21. The number of hydrogen-bond donors (Lipinski definition) is 2. The summed E-state index contributed by atoms with van der Waals surface area (Å²) < 4.78 is 35.6. The Hall–Kier alpha value is -0.290. The minimum Gasteiger partial charge on any atom is -0.271 e. The van der Waals surface area contributed by atoms with Crippen LogP contribution in [0.4, 0.5) is 13.2 Å². The largest absolute Gasteiger partial charge is 0.389 e. The maximum atomic E-state index is 11.9. The molecular weight excluding hydrogens is 181 g/mol. The van der Waals surface area contributed by atoms with Crippen LogP contribution in [0.5, 0.6) is 0 Å². The summed E-state index contributed by atoms with van der Waals surface area (Å²) >= 11 is 0. The number of alkyl halides is 3. The van der Waals surface area contributed by atoms with Gasteiger partial charge < -0.3 is 0 Å². The highest BCUT2D eigenvalue weighted by Crippen LogP contribution is 2.28. The minimum absolute atomic E-state index is 0.0174. The maximum absolute atomic E-state index is 11.9. The van der Waals surface area contributed by atoms with Crippen LogP contribution in [0.2, 0.25) is 0 Å². The monoisotopic (exact) mass is 198 g/mol. The fraction of sp³-hybridized carbons (Fsp3) is 1.00. The number of nitrogens with two attached hydrogens (primary N) is 1. The molecule has 5 heteroatoms. The summed E-state index contributed by atoms with van der Waals surface area (Å²) in [6.45, 7) is 5.57. The second-order valence-electron chi connectivity index (χ2n) is 4.24. The molecule has 0 bridgehead atoms. The van der Waals surface area contributed by atoms with Gasteiger partial charge in [0.15, 0.2) is 0 Å². The molecule has 0 aliphatic carbocycles. The molecule has 80 valence electrons. The van der Waals surface area contributed by atoms with E-state index in [9.17, 15) is 13.2 Å². The van der Waals surface area contributed by atoms with Crippen LogP contribution in [-0.4, -0.2) is 12.2 Å². The first-order valence-electron chi connectivity index (χ1n) is 4.19. The van der Waals surface area contributed by atoms with Gasteiger partial charge >= 0.3 is 6.18 Å². The van der Waals surface area contributed by atoms with Crippen molar-refractivity contribution in [3.63, 3.8) is 0 Å². The van der Waals surface area contributed by atoms with E-state index < -0.39 is 12.6 Å². The SMILES string of the molecule is CC(C)(C)C(CCC(F)(F)F)NN. The van der Waals surface area contributed by atoms with E-state index in [-0.39, 0.29) is 17.9 Å². The first kappa shape index (κ1) is 12.7. The smallest absolute Gasteiger partial charge is 0.271 e. The molecule has 0 radical (unpaired) electrons. The molecule has 0 aromatic carbocycles. The number of hydrazine groups is 1. The lowest BCUT2D eigenvalue weighted by Gasteiger charge is -2.30. The van der Waals surface area contributed by atoms with Crippen molar-refractivity contribution in [2.45, 2.75) is 45.8 Å². The van der Waals surface area contributed by atoms with Gasteiger partial charge in [-0.15, -0.1) is 0 Å². The van der Waals surface area contributed by atoms with Gasteiger partial charge in [0.1, 0.15) is 0 Å². The van der Waals surface area contributed by atoms with Crippen LogP contribution in [0, 0.1) is 5.41 Å². The van der Waals surface area contributed by atoms with E-state index in [4.69, 9.17) is 5.84 Å². The molecule has 0 amide bonds. The van der Waals surface area contributed by atoms with Gasteiger partial charge in [0.25, 0.3) is 0 Å². The van der Waals surface area contributed by atoms with E-state index in [0.29, 0.717) is 0 Å². The first-order valence-corrected chi connectivity index (χ1v) is 4.19. The normalized spacial score (nSPS) is 15.9. The third-order valence-electron chi connectivity index (χ3n) is 1.96. The van der Waals surface area contributed by atoms with Crippen LogP contribution < -0.4 is 11.3 Å². The number of hydrogen-bond acceptors (Lipinski definition) is 2. The highest BCUT2D eigenvalue weighted by molar-refractivity contribution is 4.79. The Kier molecular flexibility index (Phi) is 4.19. The van der Waals surface area contributed by atoms with Crippen LogP contribution in [0.15, 0.2) is 0 Å². The second-order valence-corrected chi connectivity index (χ2v) is 4.24. The van der Waals surface area contributed by atoms with Crippen LogP contribution >= 0.6 is 0 Å². The van der Waals surface area contributed by atoms with Crippen molar-refractivity contribution in [1.29, 1.82) is 0 Å². The quantitative estimate of drug-likeness (QED) is 0.539. The molecule has 0 aromatic heterocycles. The van der Waals surface area contributed by atoms with E-state index in [0.717, 1.165) is 0 Å². The van der Waals surface area contributed by atoms with Gasteiger partial charge in [-0.05, 0) is 11.8 Å². The summed E-state index contributed by atoms with van der Waals surface area (Å²) in [5.74, 6) is 5.17. The van der Waals surface area contributed by atoms with Crippen molar-refractivity contribution in [2.75, 3.05) is 0 Å². The molecule has 0 aliphatic heterocycles. The fourth-order valence-electron chi connectivity index (χ4n) is 1.07. The molecule has 3 N–H and O–H groups in total. The highest BCUT2D eigenvalue weighted by atomic mass is 19.4.